The summed E-state index contributed by atoms with van der Waals surface area (Å²) in [6.45, 7) is 6.68. The molecule has 0 aliphatic heterocycles. The molecule has 0 aromatic rings. The van der Waals surface area contributed by atoms with Crippen LogP contribution in [-0.4, -0.2) is 37.2 Å². The quantitative estimate of drug-likeness (QED) is 0.0261. The Morgan fingerprint density at radius 1 is 0.253 bits per heavy atom. The standard InChI is InChI=1S/C69H130O6/c1-4-7-10-13-16-19-22-24-26-28-29-30-31-32-33-34-35-36-37-38-39-40-41-42-44-45-47-50-53-56-59-62-68(71)74-65-66(64-73-67(70)61-58-55-52-49-21-18-15-12-9-6-3)75-69(72)63-60-57-54-51-48-46-43-27-25-23-20-17-14-11-8-5-2/h27-29,43,66H,4-26,30-42,44-65H2,1-3H3/b29-28-,43-27-. The lowest BCUT2D eigenvalue weighted by atomic mass is 10.0. The summed E-state index contributed by atoms with van der Waals surface area (Å²) in [6, 6.07) is 0. The minimum Gasteiger partial charge on any atom is -0.462 e. The van der Waals surface area contributed by atoms with Crippen LogP contribution < -0.4 is 0 Å². The van der Waals surface area contributed by atoms with Gasteiger partial charge in [-0.1, -0.05) is 315 Å². The van der Waals surface area contributed by atoms with Crippen LogP contribution >= 0.6 is 0 Å². The van der Waals surface area contributed by atoms with E-state index in [-0.39, 0.29) is 31.1 Å². The van der Waals surface area contributed by atoms with Crippen molar-refractivity contribution in [2.24, 2.45) is 0 Å². The number of carbonyl (C=O) groups is 3. The van der Waals surface area contributed by atoms with Crippen LogP contribution in [0.1, 0.15) is 380 Å². The van der Waals surface area contributed by atoms with Gasteiger partial charge in [0.2, 0.25) is 0 Å². The van der Waals surface area contributed by atoms with Crippen LogP contribution in [0.5, 0.6) is 0 Å². The van der Waals surface area contributed by atoms with Crippen LogP contribution in [0.15, 0.2) is 24.3 Å². The van der Waals surface area contributed by atoms with Crippen molar-refractivity contribution in [1.29, 1.82) is 0 Å². The summed E-state index contributed by atoms with van der Waals surface area (Å²) in [5, 5.41) is 0. The van der Waals surface area contributed by atoms with Gasteiger partial charge in [-0.2, -0.15) is 0 Å². The van der Waals surface area contributed by atoms with Crippen LogP contribution in [0, 0.1) is 0 Å². The first-order chi connectivity index (χ1) is 37.0. The Labute approximate surface area is 468 Å². The Balaban J connectivity index is 4.06. The van der Waals surface area contributed by atoms with Crippen LogP contribution in [0.25, 0.3) is 0 Å². The lowest BCUT2D eigenvalue weighted by Crippen LogP contribution is -2.30. The first kappa shape index (κ1) is 72.9. The molecule has 0 bridgehead atoms. The SMILES string of the molecule is CCCCCCCCC/C=C\CCCCCCCC(=O)OC(COC(=O)CCCCCCCCCCCC)COC(=O)CCCCCCCCCCCCCCCCCCCCC/C=C\CCCCCCCCCC. The van der Waals surface area contributed by atoms with E-state index in [1.54, 1.807) is 0 Å². The normalized spacial score (nSPS) is 12.1. The Kier molecular flexibility index (Phi) is 62.6. The predicted octanol–water partition coefficient (Wildman–Crippen LogP) is 23.0. The van der Waals surface area contributed by atoms with Gasteiger partial charge >= 0.3 is 17.9 Å². The van der Waals surface area contributed by atoms with Gasteiger partial charge in [-0.3, -0.25) is 14.4 Å². The van der Waals surface area contributed by atoms with Crippen molar-refractivity contribution in [3.63, 3.8) is 0 Å². The van der Waals surface area contributed by atoms with Crippen LogP contribution in [-0.2, 0) is 28.6 Å². The summed E-state index contributed by atoms with van der Waals surface area (Å²) in [4.78, 5) is 38.2. The second-order valence-electron chi connectivity index (χ2n) is 23.1. The number of unbranched alkanes of at least 4 members (excludes halogenated alkanes) is 48. The maximum Gasteiger partial charge on any atom is 0.306 e. The fourth-order valence-electron chi connectivity index (χ4n) is 10.3. The fraction of sp³-hybridized carbons (Fsp3) is 0.899. The molecule has 0 aromatic heterocycles. The third kappa shape index (κ3) is 62.6. The van der Waals surface area contributed by atoms with Crippen molar-refractivity contribution in [1.82, 2.24) is 0 Å². The molecule has 0 heterocycles. The first-order valence-corrected chi connectivity index (χ1v) is 33.8. The van der Waals surface area contributed by atoms with E-state index in [1.165, 1.54) is 276 Å². The summed E-state index contributed by atoms with van der Waals surface area (Å²) in [5.41, 5.74) is 0. The average Bonchev–Trinajstić information content (AvgIpc) is 3.41. The molecule has 0 radical (unpaired) electrons. The van der Waals surface area contributed by atoms with E-state index in [9.17, 15) is 14.4 Å². The van der Waals surface area contributed by atoms with E-state index in [1.807, 2.05) is 0 Å². The zero-order valence-electron chi connectivity index (χ0n) is 50.8. The van der Waals surface area contributed by atoms with E-state index >= 15 is 0 Å². The molecule has 0 amide bonds. The summed E-state index contributed by atoms with van der Waals surface area (Å²) in [5.74, 6) is -0.853. The summed E-state index contributed by atoms with van der Waals surface area (Å²) in [6.07, 6.45) is 77.9. The lowest BCUT2D eigenvalue weighted by molar-refractivity contribution is -0.167. The maximum absolute atomic E-state index is 12.9. The van der Waals surface area contributed by atoms with Gasteiger partial charge in [0.1, 0.15) is 13.2 Å². The molecule has 0 saturated heterocycles. The smallest absolute Gasteiger partial charge is 0.306 e. The van der Waals surface area contributed by atoms with Gasteiger partial charge in [-0.15, -0.1) is 0 Å². The van der Waals surface area contributed by atoms with Gasteiger partial charge in [0, 0.05) is 19.3 Å². The van der Waals surface area contributed by atoms with Crippen LogP contribution in [0.2, 0.25) is 0 Å². The van der Waals surface area contributed by atoms with E-state index in [2.05, 4.69) is 45.1 Å². The highest BCUT2D eigenvalue weighted by Gasteiger charge is 2.19. The van der Waals surface area contributed by atoms with Crippen molar-refractivity contribution in [2.75, 3.05) is 13.2 Å². The summed E-state index contributed by atoms with van der Waals surface area (Å²) in [7, 11) is 0. The lowest BCUT2D eigenvalue weighted by Gasteiger charge is -2.18. The number of hydrogen-bond donors (Lipinski definition) is 0. The second-order valence-corrected chi connectivity index (χ2v) is 23.1. The molecule has 1 unspecified atom stereocenters. The largest absolute Gasteiger partial charge is 0.462 e. The number of rotatable bonds is 63. The zero-order valence-corrected chi connectivity index (χ0v) is 50.8. The van der Waals surface area contributed by atoms with Crippen molar-refractivity contribution in [3.8, 4) is 0 Å². The summed E-state index contributed by atoms with van der Waals surface area (Å²) >= 11 is 0. The number of ether oxygens (including phenoxy) is 3. The van der Waals surface area contributed by atoms with Gasteiger partial charge in [0.15, 0.2) is 6.10 Å². The highest BCUT2D eigenvalue weighted by molar-refractivity contribution is 5.71. The predicted molar refractivity (Wildman–Crippen MR) is 326 cm³/mol. The molecule has 0 aromatic carbocycles. The number of allylic oxidation sites excluding steroid dienone is 4. The average molecular weight is 1060 g/mol. The molecular formula is C69H130O6. The van der Waals surface area contributed by atoms with Crippen molar-refractivity contribution in [3.05, 3.63) is 24.3 Å². The number of carbonyl (C=O) groups excluding carboxylic acids is 3. The molecule has 0 rings (SSSR count). The molecular weight excluding hydrogens is 925 g/mol. The Morgan fingerprint density at radius 2 is 0.440 bits per heavy atom. The Morgan fingerprint density at radius 3 is 0.667 bits per heavy atom. The van der Waals surface area contributed by atoms with Crippen LogP contribution in [0.3, 0.4) is 0 Å². The number of hydrogen-bond acceptors (Lipinski definition) is 6. The van der Waals surface area contributed by atoms with Gasteiger partial charge in [0.25, 0.3) is 0 Å². The van der Waals surface area contributed by atoms with Crippen molar-refractivity contribution in [2.45, 2.75) is 386 Å². The van der Waals surface area contributed by atoms with Crippen molar-refractivity contribution >= 4 is 17.9 Å². The van der Waals surface area contributed by atoms with E-state index in [4.69, 9.17) is 14.2 Å². The van der Waals surface area contributed by atoms with E-state index in [0.29, 0.717) is 19.3 Å². The second kappa shape index (κ2) is 64.4. The van der Waals surface area contributed by atoms with Crippen LogP contribution in [0.4, 0.5) is 0 Å². The molecule has 6 heteroatoms. The molecule has 442 valence electrons. The van der Waals surface area contributed by atoms with Crippen molar-refractivity contribution < 1.29 is 28.6 Å². The van der Waals surface area contributed by atoms with Gasteiger partial charge in [-0.05, 0) is 70.6 Å². The molecule has 0 saturated carbocycles. The minimum absolute atomic E-state index is 0.0688. The third-order valence-electron chi connectivity index (χ3n) is 15.4. The molecule has 0 spiro atoms. The molecule has 1 atom stereocenters. The third-order valence-corrected chi connectivity index (χ3v) is 15.4. The highest BCUT2D eigenvalue weighted by Crippen LogP contribution is 2.18. The van der Waals surface area contributed by atoms with Gasteiger partial charge in [-0.25, -0.2) is 0 Å². The topological polar surface area (TPSA) is 78.9 Å². The molecule has 0 aliphatic rings. The highest BCUT2D eigenvalue weighted by atomic mass is 16.6. The summed E-state index contributed by atoms with van der Waals surface area (Å²) < 4.78 is 16.9. The zero-order chi connectivity index (χ0) is 54.3. The Bertz CT molecular complexity index is 1210. The maximum atomic E-state index is 12.9. The molecule has 0 fully saturated rings. The number of esters is 3. The fourth-order valence-corrected chi connectivity index (χ4v) is 10.3. The molecule has 6 nitrogen and oxygen atoms in total. The minimum atomic E-state index is -0.771. The Hall–Kier alpha value is -2.11. The van der Waals surface area contributed by atoms with E-state index in [0.717, 1.165) is 64.2 Å². The monoisotopic (exact) mass is 1050 g/mol. The molecule has 0 aliphatic carbocycles. The first-order valence-electron chi connectivity index (χ1n) is 33.8. The van der Waals surface area contributed by atoms with E-state index < -0.39 is 6.10 Å². The van der Waals surface area contributed by atoms with Gasteiger partial charge in [0.05, 0.1) is 0 Å². The van der Waals surface area contributed by atoms with Gasteiger partial charge < -0.3 is 14.2 Å². The molecule has 0 N–H and O–H groups in total. The molecule has 75 heavy (non-hydrogen) atoms.